The molecule has 124 valence electrons. The van der Waals surface area contributed by atoms with Crippen molar-refractivity contribution in [3.05, 3.63) is 34.6 Å². The van der Waals surface area contributed by atoms with Gasteiger partial charge < -0.3 is 14.4 Å². The van der Waals surface area contributed by atoms with Gasteiger partial charge >= 0.3 is 5.97 Å². The molecule has 0 unspecified atom stereocenters. The minimum Gasteiger partial charge on any atom is -0.481 e. The van der Waals surface area contributed by atoms with Crippen LogP contribution in [0, 0.1) is 0 Å². The molecule has 0 bridgehead atoms. The molecule has 0 radical (unpaired) electrons. The molecule has 9 heteroatoms. The molecule has 3 rings (SSSR count). The molecule has 3 aromatic heterocycles. The Bertz CT molecular complexity index is 873. The quantitative estimate of drug-likeness (QED) is 0.743. The van der Waals surface area contributed by atoms with E-state index in [0.717, 1.165) is 4.88 Å². The van der Waals surface area contributed by atoms with Crippen molar-refractivity contribution in [3.8, 4) is 22.1 Å². The number of rotatable bonds is 5. The van der Waals surface area contributed by atoms with Crippen LogP contribution in [0.2, 0.25) is 4.34 Å². The summed E-state index contributed by atoms with van der Waals surface area (Å²) in [5.41, 5.74) is 0.911. The molecule has 0 fully saturated rings. The number of carbonyl (C=O) groups is 1. The smallest absolute Gasteiger partial charge is 0.309 e. The minimum absolute atomic E-state index is 0.245. The fourth-order valence-corrected chi connectivity index (χ4v) is 3.08. The van der Waals surface area contributed by atoms with Gasteiger partial charge in [-0.3, -0.25) is 4.79 Å². The summed E-state index contributed by atoms with van der Waals surface area (Å²) < 4.78 is 6.37. The molecular weight excluding hydrogens is 352 g/mol. The fourth-order valence-electron chi connectivity index (χ4n) is 2.03. The number of oxazole rings is 1. The van der Waals surface area contributed by atoms with Crippen LogP contribution >= 0.6 is 22.9 Å². The number of carboxylic acid groups (broad SMARTS) is 1. The van der Waals surface area contributed by atoms with Crippen LogP contribution in [0.5, 0.6) is 0 Å². The van der Waals surface area contributed by atoms with E-state index in [9.17, 15) is 4.79 Å². The lowest BCUT2D eigenvalue weighted by Gasteiger charge is -2.08. The third-order valence-corrected chi connectivity index (χ3v) is 4.33. The van der Waals surface area contributed by atoms with Crippen molar-refractivity contribution in [2.24, 2.45) is 0 Å². The Hall–Kier alpha value is -2.45. The molecule has 0 saturated heterocycles. The van der Waals surface area contributed by atoms with Crippen LogP contribution < -0.4 is 4.90 Å². The average molecular weight is 365 g/mol. The number of thiophene rings is 1. The lowest BCUT2D eigenvalue weighted by molar-refractivity contribution is -0.136. The lowest BCUT2D eigenvalue weighted by Crippen LogP contribution is -2.12. The molecule has 0 atom stereocenters. The summed E-state index contributed by atoms with van der Waals surface area (Å²) >= 11 is 7.25. The van der Waals surface area contributed by atoms with Crippen LogP contribution in [0.4, 0.5) is 5.95 Å². The predicted octanol–water partition coefficient (Wildman–Crippen LogP) is 3.21. The maximum atomic E-state index is 11.1. The number of aliphatic carboxylic acids is 1. The van der Waals surface area contributed by atoms with Gasteiger partial charge in [0.05, 0.1) is 26.9 Å². The van der Waals surface area contributed by atoms with Crippen molar-refractivity contribution < 1.29 is 14.3 Å². The van der Waals surface area contributed by atoms with E-state index in [1.165, 1.54) is 11.3 Å². The van der Waals surface area contributed by atoms with E-state index < -0.39 is 5.97 Å². The maximum Gasteiger partial charge on any atom is 0.309 e. The molecule has 1 N–H and O–H groups in total. The normalized spacial score (nSPS) is 10.8. The van der Waals surface area contributed by atoms with Crippen molar-refractivity contribution in [1.29, 1.82) is 0 Å². The highest BCUT2D eigenvalue weighted by atomic mass is 35.5. The molecule has 7 nitrogen and oxygen atoms in total. The van der Waals surface area contributed by atoms with Gasteiger partial charge in [-0.1, -0.05) is 11.6 Å². The molecule has 0 spiro atoms. The molecule has 0 aliphatic heterocycles. The van der Waals surface area contributed by atoms with Gasteiger partial charge in [-0.05, 0) is 12.1 Å². The van der Waals surface area contributed by atoms with E-state index in [2.05, 4.69) is 15.0 Å². The molecule has 0 aliphatic rings. The van der Waals surface area contributed by atoms with E-state index in [1.807, 2.05) is 14.1 Å². The highest BCUT2D eigenvalue weighted by Gasteiger charge is 2.20. The summed E-state index contributed by atoms with van der Waals surface area (Å²) in [6, 6.07) is 3.50. The van der Waals surface area contributed by atoms with Crippen LogP contribution in [0.3, 0.4) is 0 Å². The van der Waals surface area contributed by atoms with Crippen molar-refractivity contribution in [1.82, 2.24) is 15.0 Å². The van der Waals surface area contributed by atoms with E-state index in [4.69, 9.17) is 21.1 Å². The van der Waals surface area contributed by atoms with Crippen molar-refractivity contribution in [2.45, 2.75) is 6.42 Å². The second-order valence-corrected chi connectivity index (χ2v) is 6.85. The van der Waals surface area contributed by atoms with Gasteiger partial charge in [0.15, 0.2) is 5.76 Å². The minimum atomic E-state index is -0.988. The SMILES string of the molecule is CN(C)c1ncc(-c2nc(CC(=O)O)c(-c3ccc(Cl)s3)o2)cn1. The molecule has 0 amide bonds. The first-order chi connectivity index (χ1) is 11.4. The molecule has 0 aromatic carbocycles. The van der Waals surface area contributed by atoms with Crippen LogP contribution in [0.1, 0.15) is 5.69 Å². The van der Waals surface area contributed by atoms with Gasteiger partial charge in [0, 0.05) is 26.5 Å². The summed E-state index contributed by atoms with van der Waals surface area (Å²) in [4.78, 5) is 26.3. The highest BCUT2D eigenvalue weighted by molar-refractivity contribution is 7.19. The summed E-state index contributed by atoms with van der Waals surface area (Å²) in [6.45, 7) is 0. The number of carboxylic acids is 1. The molecule has 24 heavy (non-hydrogen) atoms. The van der Waals surface area contributed by atoms with E-state index in [-0.39, 0.29) is 12.3 Å². The molecular formula is C15H13ClN4O3S. The Morgan fingerprint density at radius 3 is 2.58 bits per heavy atom. The number of anilines is 1. The first-order valence-electron chi connectivity index (χ1n) is 6.91. The largest absolute Gasteiger partial charge is 0.481 e. The number of aromatic nitrogens is 3. The van der Waals surface area contributed by atoms with Gasteiger partial charge in [-0.15, -0.1) is 11.3 Å². The van der Waals surface area contributed by atoms with Gasteiger partial charge in [-0.25, -0.2) is 15.0 Å². The van der Waals surface area contributed by atoms with E-state index >= 15 is 0 Å². The first-order valence-corrected chi connectivity index (χ1v) is 8.10. The second kappa shape index (κ2) is 6.58. The summed E-state index contributed by atoms with van der Waals surface area (Å²) in [5, 5.41) is 9.09. The number of halogens is 1. The van der Waals surface area contributed by atoms with E-state index in [1.54, 1.807) is 29.4 Å². The molecule has 0 aliphatic carbocycles. The third-order valence-electron chi connectivity index (χ3n) is 3.10. The van der Waals surface area contributed by atoms with Crippen LogP contribution in [0.15, 0.2) is 28.9 Å². The van der Waals surface area contributed by atoms with Crippen molar-refractivity contribution in [2.75, 3.05) is 19.0 Å². The Morgan fingerprint density at radius 1 is 1.33 bits per heavy atom. The van der Waals surface area contributed by atoms with Gasteiger partial charge in [-0.2, -0.15) is 0 Å². The Kier molecular flexibility index (Phi) is 4.50. The van der Waals surface area contributed by atoms with Crippen LogP contribution in [0.25, 0.3) is 22.1 Å². The number of hydrogen-bond acceptors (Lipinski definition) is 7. The zero-order chi connectivity index (χ0) is 17.3. The summed E-state index contributed by atoms with van der Waals surface area (Å²) in [6.07, 6.45) is 2.93. The van der Waals surface area contributed by atoms with Gasteiger partial charge in [0.2, 0.25) is 11.8 Å². The molecule has 3 heterocycles. The van der Waals surface area contributed by atoms with Crippen molar-refractivity contribution in [3.63, 3.8) is 0 Å². The average Bonchev–Trinajstić information content (AvgIpc) is 3.13. The first kappa shape index (κ1) is 16.4. The Balaban J connectivity index is 2.02. The van der Waals surface area contributed by atoms with Crippen molar-refractivity contribution >= 4 is 34.9 Å². The van der Waals surface area contributed by atoms with Crippen LogP contribution in [-0.4, -0.2) is 40.1 Å². The molecule has 0 saturated carbocycles. The topological polar surface area (TPSA) is 92.4 Å². The monoisotopic (exact) mass is 364 g/mol. The second-order valence-electron chi connectivity index (χ2n) is 5.14. The zero-order valence-corrected chi connectivity index (χ0v) is 14.4. The Labute approximate surface area is 146 Å². The van der Waals surface area contributed by atoms with Gasteiger partial charge in [0.25, 0.3) is 0 Å². The summed E-state index contributed by atoms with van der Waals surface area (Å²) in [5.74, 6) is 0.247. The highest BCUT2D eigenvalue weighted by Crippen LogP contribution is 2.36. The van der Waals surface area contributed by atoms with Gasteiger partial charge in [0.1, 0.15) is 0 Å². The Morgan fingerprint density at radius 2 is 2.04 bits per heavy atom. The van der Waals surface area contributed by atoms with E-state index in [0.29, 0.717) is 27.3 Å². The summed E-state index contributed by atoms with van der Waals surface area (Å²) in [7, 11) is 3.67. The standard InChI is InChI=1S/C15H13ClN4O3S/c1-20(2)15-17-6-8(7-18-15)14-19-9(5-12(21)22)13(23-14)10-3-4-11(16)24-10/h3-4,6-7H,5H2,1-2H3,(H,21,22). The van der Waals surface area contributed by atoms with Crippen LogP contribution in [-0.2, 0) is 11.2 Å². The fraction of sp³-hybridized carbons (Fsp3) is 0.200. The molecule has 3 aromatic rings. The lowest BCUT2D eigenvalue weighted by atomic mass is 10.2. The number of nitrogens with zero attached hydrogens (tertiary/aromatic N) is 4. The predicted molar refractivity (Wildman–Crippen MR) is 91.5 cm³/mol. The third kappa shape index (κ3) is 3.39. The maximum absolute atomic E-state index is 11.1. The number of hydrogen-bond donors (Lipinski definition) is 1. The zero-order valence-electron chi connectivity index (χ0n) is 12.9.